The van der Waals surface area contributed by atoms with Crippen molar-refractivity contribution in [3.8, 4) is 0 Å². The molecule has 0 spiro atoms. The highest BCUT2D eigenvalue weighted by Gasteiger charge is 2.49. The molecule has 1 heterocycles. The van der Waals surface area contributed by atoms with Crippen LogP contribution in [-0.4, -0.2) is 30.6 Å². The molecule has 5 heteroatoms. The lowest BCUT2D eigenvalue weighted by Crippen LogP contribution is -2.46. The zero-order valence-electron chi connectivity index (χ0n) is 9.98. The van der Waals surface area contributed by atoms with E-state index in [-0.39, 0.29) is 0 Å². The van der Waals surface area contributed by atoms with E-state index < -0.39 is 23.4 Å². The van der Waals surface area contributed by atoms with Crippen molar-refractivity contribution in [3.63, 3.8) is 0 Å². The van der Waals surface area contributed by atoms with Crippen LogP contribution in [0.5, 0.6) is 0 Å². The largest absolute Gasteiger partial charge is 0.456 e. The standard InChI is InChI=1S/C11H19F2NO2/c1-10(2,3)16-9(15)11(12,13)8-4-6-14-7-5-8/h8,14H,4-7H2,1-3H3. The third-order valence-corrected chi connectivity index (χ3v) is 2.52. The van der Waals surface area contributed by atoms with Gasteiger partial charge in [0.1, 0.15) is 5.60 Å². The zero-order chi connectivity index (χ0) is 12.4. The third kappa shape index (κ3) is 3.40. The summed E-state index contributed by atoms with van der Waals surface area (Å²) in [6, 6.07) is 0. The maximum Gasteiger partial charge on any atom is 0.377 e. The molecule has 0 bridgehead atoms. The van der Waals surface area contributed by atoms with E-state index in [0.29, 0.717) is 25.9 Å². The Morgan fingerprint density at radius 2 is 1.75 bits per heavy atom. The summed E-state index contributed by atoms with van der Waals surface area (Å²) in [7, 11) is 0. The van der Waals surface area contributed by atoms with Crippen LogP contribution in [0.3, 0.4) is 0 Å². The minimum Gasteiger partial charge on any atom is -0.456 e. The minimum atomic E-state index is -3.37. The Kier molecular flexibility index (Phi) is 3.88. The Labute approximate surface area is 94.5 Å². The summed E-state index contributed by atoms with van der Waals surface area (Å²) in [5, 5.41) is 2.99. The number of carbonyl (C=O) groups is 1. The first-order valence-electron chi connectivity index (χ1n) is 5.55. The lowest BCUT2D eigenvalue weighted by atomic mass is 9.91. The second kappa shape index (κ2) is 4.65. The highest BCUT2D eigenvalue weighted by atomic mass is 19.3. The summed E-state index contributed by atoms with van der Waals surface area (Å²) in [5.74, 6) is -5.66. The summed E-state index contributed by atoms with van der Waals surface area (Å²) in [6.07, 6.45) is 0.623. The number of ether oxygens (including phenoxy) is 1. The van der Waals surface area contributed by atoms with Crippen LogP contribution in [0.15, 0.2) is 0 Å². The van der Waals surface area contributed by atoms with E-state index in [2.05, 4.69) is 5.32 Å². The first kappa shape index (κ1) is 13.4. The van der Waals surface area contributed by atoms with Crippen LogP contribution in [0.25, 0.3) is 0 Å². The first-order valence-corrected chi connectivity index (χ1v) is 5.55. The summed E-state index contributed by atoms with van der Waals surface area (Å²) in [4.78, 5) is 11.4. The molecule has 1 aliphatic rings. The number of halogens is 2. The number of nitrogens with one attached hydrogen (secondary N) is 1. The van der Waals surface area contributed by atoms with Crippen molar-refractivity contribution in [2.45, 2.75) is 45.1 Å². The summed E-state index contributed by atoms with van der Waals surface area (Å²) < 4.78 is 32.2. The van der Waals surface area contributed by atoms with Gasteiger partial charge >= 0.3 is 11.9 Å². The molecular weight excluding hydrogens is 216 g/mol. The lowest BCUT2D eigenvalue weighted by Gasteiger charge is -2.31. The predicted octanol–water partition coefficient (Wildman–Crippen LogP) is 1.96. The number of alkyl halides is 2. The van der Waals surface area contributed by atoms with Gasteiger partial charge in [-0.3, -0.25) is 0 Å². The average molecular weight is 235 g/mol. The van der Waals surface area contributed by atoms with E-state index in [9.17, 15) is 13.6 Å². The van der Waals surface area contributed by atoms with Gasteiger partial charge in [-0.05, 0) is 46.7 Å². The maximum atomic E-state index is 13.7. The van der Waals surface area contributed by atoms with Crippen LogP contribution in [0.4, 0.5) is 8.78 Å². The smallest absolute Gasteiger partial charge is 0.377 e. The van der Waals surface area contributed by atoms with E-state index in [1.54, 1.807) is 20.8 Å². The van der Waals surface area contributed by atoms with Crippen LogP contribution < -0.4 is 5.32 Å². The molecule has 16 heavy (non-hydrogen) atoms. The van der Waals surface area contributed by atoms with Crippen molar-refractivity contribution in [1.82, 2.24) is 5.32 Å². The van der Waals surface area contributed by atoms with Gasteiger partial charge in [-0.2, -0.15) is 8.78 Å². The average Bonchev–Trinajstić information content (AvgIpc) is 2.16. The Hall–Kier alpha value is -0.710. The van der Waals surface area contributed by atoms with Crippen molar-refractivity contribution in [1.29, 1.82) is 0 Å². The van der Waals surface area contributed by atoms with Crippen LogP contribution in [0, 0.1) is 5.92 Å². The number of esters is 1. The van der Waals surface area contributed by atoms with Crippen LogP contribution >= 0.6 is 0 Å². The van der Waals surface area contributed by atoms with E-state index >= 15 is 0 Å². The molecule has 0 aromatic rings. The van der Waals surface area contributed by atoms with Crippen molar-refractivity contribution in [3.05, 3.63) is 0 Å². The fourth-order valence-electron chi connectivity index (χ4n) is 1.70. The first-order chi connectivity index (χ1) is 7.23. The van der Waals surface area contributed by atoms with Gasteiger partial charge in [0.15, 0.2) is 0 Å². The Balaban J connectivity index is 2.64. The molecule has 0 aromatic heterocycles. The SMILES string of the molecule is CC(C)(C)OC(=O)C(F)(F)C1CCNCC1. The van der Waals surface area contributed by atoms with Crippen molar-refractivity contribution in [2.24, 2.45) is 5.92 Å². The fourth-order valence-corrected chi connectivity index (χ4v) is 1.70. The summed E-state index contributed by atoms with van der Waals surface area (Å²) >= 11 is 0. The second-order valence-corrected chi connectivity index (χ2v) is 5.15. The molecule has 3 nitrogen and oxygen atoms in total. The lowest BCUT2D eigenvalue weighted by molar-refractivity contribution is -0.193. The molecular formula is C11H19F2NO2. The molecule has 1 aliphatic heterocycles. The van der Waals surface area contributed by atoms with Crippen LogP contribution in [0.1, 0.15) is 33.6 Å². The molecule has 0 aliphatic carbocycles. The van der Waals surface area contributed by atoms with Gasteiger partial charge in [-0.25, -0.2) is 4.79 Å². The monoisotopic (exact) mass is 235 g/mol. The maximum absolute atomic E-state index is 13.7. The molecule has 1 saturated heterocycles. The van der Waals surface area contributed by atoms with E-state index in [1.807, 2.05) is 0 Å². The molecule has 1 N–H and O–H groups in total. The normalized spacial score (nSPS) is 19.6. The zero-order valence-corrected chi connectivity index (χ0v) is 9.98. The number of piperidine rings is 1. The molecule has 0 saturated carbocycles. The number of hydrogen-bond acceptors (Lipinski definition) is 3. The topological polar surface area (TPSA) is 38.3 Å². The Morgan fingerprint density at radius 3 is 2.19 bits per heavy atom. The predicted molar refractivity (Wildman–Crippen MR) is 56.4 cm³/mol. The summed E-state index contributed by atoms with van der Waals surface area (Å²) in [5.41, 5.74) is -0.868. The second-order valence-electron chi connectivity index (χ2n) is 5.15. The van der Waals surface area contributed by atoms with Gasteiger partial charge < -0.3 is 10.1 Å². The Bertz CT molecular complexity index is 255. The highest BCUT2D eigenvalue weighted by Crippen LogP contribution is 2.33. The molecule has 0 atom stereocenters. The number of hydrogen-bond donors (Lipinski definition) is 1. The highest BCUT2D eigenvalue weighted by molar-refractivity contribution is 5.78. The molecule has 0 amide bonds. The summed E-state index contributed by atoms with van der Waals surface area (Å²) in [6.45, 7) is 5.82. The van der Waals surface area contributed by atoms with Gasteiger partial charge in [0.05, 0.1) is 0 Å². The van der Waals surface area contributed by atoms with Gasteiger partial charge in [0.25, 0.3) is 0 Å². The quantitative estimate of drug-likeness (QED) is 0.744. The molecule has 1 rings (SSSR count). The van der Waals surface area contributed by atoms with Gasteiger partial charge in [0, 0.05) is 5.92 Å². The van der Waals surface area contributed by atoms with E-state index in [1.165, 1.54) is 0 Å². The molecule has 94 valence electrons. The molecule has 0 aromatic carbocycles. The van der Waals surface area contributed by atoms with Gasteiger partial charge in [0.2, 0.25) is 0 Å². The van der Waals surface area contributed by atoms with E-state index in [0.717, 1.165) is 0 Å². The number of carbonyl (C=O) groups excluding carboxylic acids is 1. The van der Waals surface area contributed by atoms with Crippen molar-refractivity contribution in [2.75, 3.05) is 13.1 Å². The van der Waals surface area contributed by atoms with Crippen LogP contribution in [-0.2, 0) is 9.53 Å². The van der Waals surface area contributed by atoms with Crippen molar-refractivity contribution >= 4 is 5.97 Å². The third-order valence-electron chi connectivity index (χ3n) is 2.52. The van der Waals surface area contributed by atoms with E-state index in [4.69, 9.17) is 4.74 Å². The van der Waals surface area contributed by atoms with Crippen LogP contribution in [0.2, 0.25) is 0 Å². The molecule has 0 radical (unpaired) electrons. The fraction of sp³-hybridized carbons (Fsp3) is 0.909. The minimum absolute atomic E-state index is 0.312. The Morgan fingerprint density at radius 1 is 1.25 bits per heavy atom. The molecule has 1 fully saturated rings. The number of rotatable bonds is 2. The van der Waals surface area contributed by atoms with Gasteiger partial charge in [-0.1, -0.05) is 0 Å². The van der Waals surface area contributed by atoms with Crippen molar-refractivity contribution < 1.29 is 18.3 Å². The molecule has 0 unspecified atom stereocenters. The van der Waals surface area contributed by atoms with Gasteiger partial charge in [-0.15, -0.1) is 0 Å².